The SMILES string of the molecule is C/C=C\CC.CC.CCC(C)(C)C. The molecule has 0 saturated carbocycles. The second-order valence-electron chi connectivity index (χ2n) is 3.89. The average molecular weight is 186 g/mol. The third-order valence-corrected chi connectivity index (χ3v) is 1.53. The van der Waals surface area contributed by atoms with Crippen molar-refractivity contribution >= 4 is 0 Å². The molecule has 0 fully saturated rings. The molecule has 0 saturated heterocycles. The minimum Gasteiger partial charge on any atom is -0.0917 e. The highest BCUT2D eigenvalue weighted by Gasteiger charge is 2.03. The van der Waals surface area contributed by atoms with Crippen molar-refractivity contribution in [1.82, 2.24) is 0 Å². The number of hydrogen-bond acceptors (Lipinski definition) is 0. The Morgan fingerprint density at radius 1 is 1.00 bits per heavy atom. The minimum absolute atomic E-state index is 0.542. The largest absolute Gasteiger partial charge is 0.0917 e. The molecule has 0 aromatic heterocycles. The van der Waals surface area contributed by atoms with Crippen molar-refractivity contribution in [2.45, 2.75) is 68.2 Å². The predicted molar refractivity (Wildman–Crippen MR) is 66.2 cm³/mol. The predicted octanol–water partition coefficient (Wildman–Crippen LogP) is 5.44. The molecule has 0 aromatic rings. The van der Waals surface area contributed by atoms with Gasteiger partial charge >= 0.3 is 0 Å². The summed E-state index contributed by atoms with van der Waals surface area (Å²) in [4.78, 5) is 0. The first-order valence-electron chi connectivity index (χ1n) is 5.59. The molecule has 0 bridgehead atoms. The number of hydrogen-bond donors (Lipinski definition) is 0. The molecule has 0 N–H and O–H groups in total. The van der Waals surface area contributed by atoms with Crippen LogP contribution in [-0.2, 0) is 0 Å². The summed E-state index contributed by atoms with van der Waals surface area (Å²) in [6.07, 6.45) is 6.61. The smallest absolute Gasteiger partial charge is 0.0379 e. The van der Waals surface area contributed by atoms with Crippen LogP contribution in [0.4, 0.5) is 0 Å². The molecule has 82 valence electrons. The van der Waals surface area contributed by atoms with Gasteiger partial charge in [0, 0.05) is 0 Å². The van der Waals surface area contributed by atoms with Gasteiger partial charge in [0.1, 0.15) is 0 Å². The van der Waals surface area contributed by atoms with E-state index in [0.717, 1.165) is 6.42 Å². The van der Waals surface area contributed by atoms with Gasteiger partial charge in [0.25, 0.3) is 0 Å². The van der Waals surface area contributed by atoms with Gasteiger partial charge in [-0.3, -0.25) is 0 Å². The lowest BCUT2D eigenvalue weighted by Gasteiger charge is -2.12. The molecule has 13 heavy (non-hydrogen) atoms. The Balaban J connectivity index is -0.000000131. The lowest BCUT2D eigenvalue weighted by molar-refractivity contribution is 0.398. The zero-order valence-corrected chi connectivity index (χ0v) is 11.1. The molecule has 0 unspecified atom stereocenters. The summed E-state index contributed by atoms with van der Waals surface area (Å²) in [7, 11) is 0. The first kappa shape index (κ1) is 18.5. The van der Waals surface area contributed by atoms with Crippen LogP contribution in [0.5, 0.6) is 0 Å². The van der Waals surface area contributed by atoms with E-state index < -0.39 is 0 Å². The molecule has 0 rings (SSSR count). The van der Waals surface area contributed by atoms with Crippen molar-refractivity contribution < 1.29 is 0 Å². The molecule has 0 heterocycles. The monoisotopic (exact) mass is 186 g/mol. The normalized spacial score (nSPS) is 9.85. The molecule has 0 amide bonds. The van der Waals surface area contributed by atoms with E-state index in [1.54, 1.807) is 0 Å². The molecule has 0 aliphatic rings. The van der Waals surface area contributed by atoms with Crippen molar-refractivity contribution in [1.29, 1.82) is 0 Å². The third kappa shape index (κ3) is 49.6. The van der Waals surface area contributed by atoms with Crippen molar-refractivity contribution in [3.8, 4) is 0 Å². The van der Waals surface area contributed by atoms with E-state index in [2.05, 4.69) is 46.8 Å². The lowest BCUT2D eigenvalue weighted by atomic mass is 9.94. The average Bonchev–Trinajstić information content (AvgIpc) is 2.09. The second-order valence-corrected chi connectivity index (χ2v) is 3.89. The zero-order valence-electron chi connectivity index (χ0n) is 11.1. The van der Waals surface area contributed by atoms with E-state index in [1.165, 1.54) is 6.42 Å². The Hall–Kier alpha value is -0.260. The molecule has 0 nitrogen and oxygen atoms in total. The standard InChI is InChI=1S/C6H14.C5H10.C2H6/c1-5-6(2,3)4;1-3-5-4-2;1-2/h5H2,1-4H3;3,5H,4H2,1-2H3;1-2H3/b;5-3-;. The summed E-state index contributed by atoms with van der Waals surface area (Å²) in [6, 6.07) is 0. The third-order valence-electron chi connectivity index (χ3n) is 1.53. The highest BCUT2D eigenvalue weighted by Crippen LogP contribution is 2.16. The van der Waals surface area contributed by atoms with Crippen molar-refractivity contribution in [3.05, 3.63) is 12.2 Å². The van der Waals surface area contributed by atoms with E-state index >= 15 is 0 Å². The fourth-order valence-electron chi connectivity index (χ4n) is 0.236. The van der Waals surface area contributed by atoms with Crippen LogP contribution in [0.15, 0.2) is 12.2 Å². The van der Waals surface area contributed by atoms with E-state index in [-0.39, 0.29) is 0 Å². The van der Waals surface area contributed by atoms with Gasteiger partial charge in [0.05, 0.1) is 0 Å². The van der Waals surface area contributed by atoms with E-state index in [1.807, 2.05) is 20.8 Å². The fourth-order valence-corrected chi connectivity index (χ4v) is 0.236. The van der Waals surface area contributed by atoms with E-state index in [0.29, 0.717) is 5.41 Å². The van der Waals surface area contributed by atoms with Gasteiger partial charge in [-0.25, -0.2) is 0 Å². The van der Waals surface area contributed by atoms with Crippen LogP contribution in [-0.4, -0.2) is 0 Å². The molecule has 0 spiro atoms. The topological polar surface area (TPSA) is 0 Å². The fraction of sp³-hybridized carbons (Fsp3) is 0.846. The van der Waals surface area contributed by atoms with E-state index in [9.17, 15) is 0 Å². The van der Waals surface area contributed by atoms with Gasteiger partial charge in [-0.05, 0) is 18.8 Å². The summed E-state index contributed by atoms with van der Waals surface area (Å²) in [5, 5.41) is 0. The Morgan fingerprint density at radius 2 is 1.31 bits per heavy atom. The molecule has 0 aromatic carbocycles. The first-order valence-corrected chi connectivity index (χ1v) is 5.59. The summed E-state index contributed by atoms with van der Waals surface area (Å²) in [5.74, 6) is 0. The second kappa shape index (κ2) is 14.3. The summed E-state index contributed by atoms with van der Waals surface area (Å²) in [5.41, 5.74) is 0.542. The maximum atomic E-state index is 2.24. The minimum atomic E-state index is 0.542. The molecule has 0 aliphatic heterocycles. The van der Waals surface area contributed by atoms with Crippen molar-refractivity contribution in [2.24, 2.45) is 5.41 Å². The molecule has 0 radical (unpaired) electrons. The molecule has 0 aliphatic carbocycles. The van der Waals surface area contributed by atoms with Crippen LogP contribution in [0, 0.1) is 5.41 Å². The Bertz CT molecular complexity index is 82.7. The van der Waals surface area contributed by atoms with E-state index in [4.69, 9.17) is 0 Å². The van der Waals surface area contributed by atoms with Crippen LogP contribution >= 0.6 is 0 Å². The molecule has 0 heteroatoms. The number of rotatable bonds is 1. The summed E-state index contributed by atoms with van der Waals surface area (Å²) < 4.78 is 0. The van der Waals surface area contributed by atoms with Gasteiger partial charge in [0.2, 0.25) is 0 Å². The quantitative estimate of drug-likeness (QED) is 0.478. The highest BCUT2D eigenvalue weighted by atomic mass is 14.1. The summed E-state index contributed by atoms with van der Waals surface area (Å²) >= 11 is 0. The Morgan fingerprint density at radius 3 is 1.31 bits per heavy atom. The van der Waals surface area contributed by atoms with Crippen molar-refractivity contribution in [3.63, 3.8) is 0 Å². The summed E-state index contributed by atoms with van der Waals surface area (Å²) in [6.45, 7) is 17.1. The number of allylic oxidation sites excluding steroid dienone is 2. The molecular formula is C13H30. The molecular weight excluding hydrogens is 156 g/mol. The highest BCUT2D eigenvalue weighted by molar-refractivity contribution is 4.73. The lowest BCUT2D eigenvalue weighted by Crippen LogP contribution is -2.00. The van der Waals surface area contributed by atoms with Crippen LogP contribution in [0.2, 0.25) is 0 Å². The van der Waals surface area contributed by atoms with Crippen LogP contribution in [0.25, 0.3) is 0 Å². The zero-order chi connectivity index (χ0) is 11.3. The van der Waals surface area contributed by atoms with Crippen LogP contribution in [0.3, 0.4) is 0 Å². The molecule has 0 atom stereocenters. The Kier molecular flexibility index (Phi) is 20.3. The van der Waals surface area contributed by atoms with Gasteiger partial charge in [-0.2, -0.15) is 0 Å². The van der Waals surface area contributed by atoms with Crippen LogP contribution in [0.1, 0.15) is 68.2 Å². The van der Waals surface area contributed by atoms with Gasteiger partial charge in [0.15, 0.2) is 0 Å². The first-order chi connectivity index (χ1) is 5.97. The maximum absolute atomic E-state index is 2.24. The maximum Gasteiger partial charge on any atom is -0.0379 e. The van der Waals surface area contributed by atoms with Gasteiger partial charge < -0.3 is 0 Å². The van der Waals surface area contributed by atoms with Gasteiger partial charge in [-0.15, -0.1) is 0 Å². The van der Waals surface area contributed by atoms with Crippen molar-refractivity contribution in [2.75, 3.05) is 0 Å². The van der Waals surface area contributed by atoms with Gasteiger partial charge in [-0.1, -0.05) is 67.0 Å². The Labute approximate surface area is 86.4 Å². The van der Waals surface area contributed by atoms with Crippen LogP contribution < -0.4 is 0 Å².